The first kappa shape index (κ1) is 23.5. The molecule has 0 spiro atoms. The number of aromatic nitrogens is 1. The number of hydrogen-bond donors (Lipinski definition) is 0. The van der Waals surface area contributed by atoms with E-state index in [1.165, 1.54) is 16.8 Å². The van der Waals surface area contributed by atoms with Crippen molar-refractivity contribution in [1.82, 2.24) is 14.8 Å². The molecular formula is C26H35N5OS. The topological polar surface area (TPSA) is 35.1 Å². The van der Waals surface area contributed by atoms with Crippen molar-refractivity contribution < 1.29 is 4.74 Å². The number of thiazole rings is 1. The second-order valence-electron chi connectivity index (χ2n) is 9.03. The molecule has 3 aromatic rings. The summed E-state index contributed by atoms with van der Waals surface area (Å²) >= 11 is 1.72. The van der Waals surface area contributed by atoms with E-state index >= 15 is 0 Å². The highest BCUT2D eigenvalue weighted by molar-refractivity contribution is 7.13. The first-order valence-electron chi connectivity index (χ1n) is 11.5. The predicted octanol–water partition coefficient (Wildman–Crippen LogP) is 4.17. The lowest BCUT2D eigenvalue weighted by Gasteiger charge is -2.34. The summed E-state index contributed by atoms with van der Waals surface area (Å²) in [6.07, 6.45) is 0. The standard InChI is InChI=1S/C26H35N5OS/c1-28(2)19-23-20-33-26(27-23)31(18-22-8-6-10-25(16-22)32-4)17-21-7-5-9-24(15-21)30-13-11-29(3)12-14-30/h5-10,15-16,20H,11-14,17-19H2,1-4H3. The lowest BCUT2D eigenvalue weighted by molar-refractivity contribution is 0.313. The van der Waals surface area contributed by atoms with Crippen LogP contribution in [0, 0.1) is 0 Å². The molecule has 0 aliphatic carbocycles. The van der Waals surface area contributed by atoms with E-state index in [2.05, 4.69) is 88.6 Å². The van der Waals surface area contributed by atoms with Gasteiger partial charge >= 0.3 is 0 Å². The zero-order chi connectivity index (χ0) is 23.2. The number of benzene rings is 2. The van der Waals surface area contributed by atoms with E-state index in [9.17, 15) is 0 Å². The van der Waals surface area contributed by atoms with Gasteiger partial charge in [-0.05, 0) is 56.5 Å². The van der Waals surface area contributed by atoms with Gasteiger partial charge in [0.25, 0.3) is 0 Å². The summed E-state index contributed by atoms with van der Waals surface area (Å²) in [6.45, 7) is 6.82. The number of methoxy groups -OCH3 is 1. The largest absolute Gasteiger partial charge is 0.497 e. The van der Waals surface area contributed by atoms with E-state index in [1.807, 2.05) is 6.07 Å². The Hall–Kier alpha value is -2.61. The highest BCUT2D eigenvalue weighted by Crippen LogP contribution is 2.27. The maximum atomic E-state index is 5.45. The molecular weight excluding hydrogens is 430 g/mol. The normalized spacial score (nSPS) is 14.6. The van der Waals surface area contributed by atoms with Gasteiger partial charge in [-0.15, -0.1) is 11.3 Å². The van der Waals surface area contributed by atoms with Gasteiger partial charge in [0.05, 0.1) is 12.8 Å². The van der Waals surface area contributed by atoms with Crippen LogP contribution in [0.5, 0.6) is 5.75 Å². The van der Waals surface area contributed by atoms with Crippen molar-refractivity contribution in [2.75, 3.05) is 64.2 Å². The number of piperazine rings is 1. The molecule has 0 amide bonds. The Morgan fingerprint density at radius 2 is 1.64 bits per heavy atom. The van der Waals surface area contributed by atoms with Crippen LogP contribution < -0.4 is 14.5 Å². The quantitative estimate of drug-likeness (QED) is 0.472. The number of rotatable bonds is 9. The molecule has 33 heavy (non-hydrogen) atoms. The molecule has 1 aliphatic rings. The van der Waals surface area contributed by atoms with Crippen molar-refractivity contribution in [3.63, 3.8) is 0 Å². The van der Waals surface area contributed by atoms with E-state index < -0.39 is 0 Å². The zero-order valence-corrected chi connectivity index (χ0v) is 21.0. The van der Waals surface area contributed by atoms with E-state index in [4.69, 9.17) is 9.72 Å². The van der Waals surface area contributed by atoms with Crippen molar-refractivity contribution in [3.05, 3.63) is 70.7 Å². The van der Waals surface area contributed by atoms with Crippen molar-refractivity contribution in [1.29, 1.82) is 0 Å². The van der Waals surface area contributed by atoms with Crippen LogP contribution in [0.1, 0.15) is 16.8 Å². The van der Waals surface area contributed by atoms with Gasteiger partial charge in [0.1, 0.15) is 5.75 Å². The second-order valence-corrected chi connectivity index (χ2v) is 9.86. The summed E-state index contributed by atoms with van der Waals surface area (Å²) in [7, 11) is 8.08. The van der Waals surface area contributed by atoms with Crippen LogP contribution >= 0.6 is 11.3 Å². The Bertz CT molecular complexity index is 1030. The fraction of sp³-hybridized carbons (Fsp3) is 0.423. The summed E-state index contributed by atoms with van der Waals surface area (Å²) in [5.74, 6) is 0.886. The molecule has 0 atom stereocenters. The van der Waals surface area contributed by atoms with Gasteiger partial charge in [0.15, 0.2) is 5.13 Å². The van der Waals surface area contributed by atoms with Crippen LogP contribution in [0.4, 0.5) is 10.8 Å². The molecule has 0 unspecified atom stereocenters. The average Bonchev–Trinajstić information content (AvgIpc) is 3.27. The van der Waals surface area contributed by atoms with E-state index in [1.54, 1.807) is 18.4 Å². The number of ether oxygens (including phenoxy) is 1. The van der Waals surface area contributed by atoms with Gasteiger partial charge in [-0.3, -0.25) is 0 Å². The Balaban J connectivity index is 1.56. The summed E-state index contributed by atoms with van der Waals surface area (Å²) in [5.41, 5.74) is 4.95. The third-order valence-electron chi connectivity index (χ3n) is 5.95. The van der Waals surface area contributed by atoms with Crippen molar-refractivity contribution in [3.8, 4) is 5.75 Å². The van der Waals surface area contributed by atoms with Crippen LogP contribution in [0.15, 0.2) is 53.9 Å². The van der Waals surface area contributed by atoms with Gasteiger partial charge < -0.3 is 24.3 Å². The molecule has 1 aliphatic heterocycles. The minimum Gasteiger partial charge on any atom is -0.497 e. The molecule has 6 nitrogen and oxygen atoms in total. The Morgan fingerprint density at radius 1 is 0.939 bits per heavy atom. The summed E-state index contributed by atoms with van der Waals surface area (Å²) in [4.78, 5) is 14.4. The van der Waals surface area contributed by atoms with Crippen molar-refractivity contribution in [2.24, 2.45) is 0 Å². The second kappa shape index (κ2) is 11.0. The minimum atomic E-state index is 0.783. The molecule has 0 radical (unpaired) electrons. The third-order valence-corrected chi connectivity index (χ3v) is 6.90. The smallest absolute Gasteiger partial charge is 0.186 e. The Labute approximate surface area is 202 Å². The van der Waals surface area contributed by atoms with Gasteiger partial charge in [-0.1, -0.05) is 24.3 Å². The van der Waals surface area contributed by atoms with Crippen LogP contribution in [-0.4, -0.2) is 69.2 Å². The number of hydrogen-bond acceptors (Lipinski definition) is 7. The van der Waals surface area contributed by atoms with E-state index in [-0.39, 0.29) is 0 Å². The van der Waals surface area contributed by atoms with Crippen LogP contribution in [0.2, 0.25) is 0 Å². The van der Waals surface area contributed by atoms with E-state index in [0.717, 1.165) is 62.4 Å². The maximum Gasteiger partial charge on any atom is 0.186 e. The molecule has 2 heterocycles. The number of anilines is 2. The average molecular weight is 466 g/mol. The highest BCUT2D eigenvalue weighted by Gasteiger charge is 2.17. The molecule has 176 valence electrons. The SMILES string of the molecule is COc1cccc(CN(Cc2cccc(N3CCN(C)CC3)c2)c2nc(CN(C)C)cs2)c1. The van der Waals surface area contributed by atoms with Crippen molar-refractivity contribution >= 4 is 22.2 Å². The van der Waals surface area contributed by atoms with Gasteiger partial charge in [0, 0.05) is 56.9 Å². The minimum absolute atomic E-state index is 0.783. The molecule has 0 bridgehead atoms. The maximum absolute atomic E-state index is 5.45. The first-order valence-corrected chi connectivity index (χ1v) is 12.4. The highest BCUT2D eigenvalue weighted by atomic mass is 32.1. The van der Waals surface area contributed by atoms with Crippen LogP contribution in [0.3, 0.4) is 0 Å². The van der Waals surface area contributed by atoms with Gasteiger partial charge in [-0.25, -0.2) is 4.98 Å². The molecule has 1 aromatic heterocycles. The lowest BCUT2D eigenvalue weighted by atomic mass is 10.1. The van der Waals surface area contributed by atoms with Crippen LogP contribution in [-0.2, 0) is 19.6 Å². The molecule has 0 saturated carbocycles. The molecule has 4 rings (SSSR count). The monoisotopic (exact) mass is 465 g/mol. The lowest BCUT2D eigenvalue weighted by Crippen LogP contribution is -2.44. The van der Waals surface area contributed by atoms with Gasteiger partial charge in [-0.2, -0.15) is 0 Å². The fourth-order valence-corrected chi connectivity index (χ4v) is 4.97. The Morgan fingerprint density at radius 3 is 2.33 bits per heavy atom. The number of nitrogens with zero attached hydrogens (tertiary/aromatic N) is 5. The molecule has 7 heteroatoms. The fourth-order valence-electron chi connectivity index (χ4n) is 4.16. The van der Waals surface area contributed by atoms with Gasteiger partial charge in [0.2, 0.25) is 0 Å². The van der Waals surface area contributed by atoms with E-state index in [0.29, 0.717) is 0 Å². The summed E-state index contributed by atoms with van der Waals surface area (Å²) < 4.78 is 5.45. The summed E-state index contributed by atoms with van der Waals surface area (Å²) in [6, 6.07) is 17.3. The zero-order valence-electron chi connectivity index (χ0n) is 20.2. The van der Waals surface area contributed by atoms with Crippen LogP contribution in [0.25, 0.3) is 0 Å². The third kappa shape index (κ3) is 6.47. The van der Waals surface area contributed by atoms with Crippen molar-refractivity contribution in [2.45, 2.75) is 19.6 Å². The molecule has 0 N–H and O–H groups in total. The Kier molecular flexibility index (Phi) is 7.85. The molecule has 1 fully saturated rings. The predicted molar refractivity (Wildman–Crippen MR) is 139 cm³/mol. The molecule has 2 aromatic carbocycles. The number of likely N-dealkylation sites (N-methyl/N-ethyl adjacent to an activating group) is 1. The molecule has 1 saturated heterocycles. The first-order chi connectivity index (χ1) is 16.0. The summed E-state index contributed by atoms with van der Waals surface area (Å²) in [5, 5.41) is 3.23.